The Morgan fingerprint density at radius 1 is 1.00 bits per heavy atom. The lowest BCUT2D eigenvalue weighted by Gasteiger charge is -2.24. The fourth-order valence-electron chi connectivity index (χ4n) is 4.52. The third-order valence-electron chi connectivity index (χ3n) is 6.48. The number of ether oxygens (including phenoxy) is 2. The molecule has 0 aliphatic carbocycles. The quantitative estimate of drug-likeness (QED) is 0.320. The molecule has 3 aromatic carbocycles. The molecule has 5 rings (SSSR count). The number of rotatable bonds is 6. The molecule has 0 bridgehead atoms. The number of thiazole rings is 1. The minimum Gasteiger partial charge on any atom is -0.466 e. The van der Waals surface area contributed by atoms with E-state index in [2.05, 4.69) is 18.8 Å². The van der Waals surface area contributed by atoms with E-state index in [0.717, 1.165) is 16.9 Å². The Kier molecular flexibility index (Phi) is 7.11. The van der Waals surface area contributed by atoms with Crippen molar-refractivity contribution in [2.75, 3.05) is 7.11 Å². The van der Waals surface area contributed by atoms with Crippen LogP contribution >= 0.6 is 11.3 Å². The highest BCUT2D eigenvalue weighted by Gasteiger charge is 2.33. The van der Waals surface area contributed by atoms with Crippen molar-refractivity contribution >= 4 is 23.4 Å². The molecule has 1 atom stereocenters. The number of aromatic nitrogens is 1. The second-order valence-electron chi connectivity index (χ2n) is 9.38. The Labute approximate surface area is 224 Å². The number of methoxy groups -OCH3 is 1. The normalized spacial score (nSPS) is 15.3. The third kappa shape index (κ3) is 4.97. The summed E-state index contributed by atoms with van der Waals surface area (Å²) >= 11 is 1.30. The van der Waals surface area contributed by atoms with Gasteiger partial charge in [-0.1, -0.05) is 79.8 Å². The average Bonchev–Trinajstić information content (AvgIpc) is 3.22. The SMILES string of the molecule is COC(=O)C1=C(C)N=c2s/c(=C\c3cccc(Oc4ccccc4)c3)c(=O)n2[C@H]1c1ccc(C(C)C)cc1. The number of benzene rings is 3. The first-order chi connectivity index (χ1) is 18.4. The summed E-state index contributed by atoms with van der Waals surface area (Å²) in [5.41, 5.74) is 3.53. The molecule has 4 aromatic rings. The maximum Gasteiger partial charge on any atom is 0.338 e. The molecule has 6 nitrogen and oxygen atoms in total. The smallest absolute Gasteiger partial charge is 0.338 e. The molecule has 0 N–H and O–H groups in total. The molecule has 0 amide bonds. The van der Waals surface area contributed by atoms with E-state index in [1.54, 1.807) is 11.5 Å². The van der Waals surface area contributed by atoms with Crippen LogP contribution in [0.1, 0.15) is 49.4 Å². The molecule has 0 spiro atoms. The standard InChI is InChI=1S/C31H28N2O4S/c1-19(2)22-13-15-23(16-14-22)28-27(30(35)36-4)20(3)32-31-33(28)29(34)26(38-31)18-21-9-8-12-25(17-21)37-24-10-6-5-7-11-24/h5-19,28H,1-4H3/b26-18-/t28-/m0/s1. The number of hydrogen-bond acceptors (Lipinski definition) is 6. The van der Waals surface area contributed by atoms with Gasteiger partial charge < -0.3 is 9.47 Å². The topological polar surface area (TPSA) is 69.9 Å². The van der Waals surface area contributed by atoms with E-state index in [4.69, 9.17) is 9.47 Å². The van der Waals surface area contributed by atoms with Crippen molar-refractivity contribution in [2.24, 2.45) is 4.99 Å². The molecule has 0 saturated carbocycles. The molecule has 0 unspecified atom stereocenters. The van der Waals surface area contributed by atoms with Crippen LogP contribution in [0.15, 0.2) is 99.9 Å². The summed E-state index contributed by atoms with van der Waals surface area (Å²) in [5, 5.41) is 0. The maximum atomic E-state index is 13.8. The number of fused-ring (bicyclic) bond motifs is 1. The number of hydrogen-bond donors (Lipinski definition) is 0. The van der Waals surface area contributed by atoms with Gasteiger partial charge >= 0.3 is 5.97 Å². The Morgan fingerprint density at radius 3 is 2.39 bits per heavy atom. The van der Waals surface area contributed by atoms with Crippen LogP contribution in [0.5, 0.6) is 11.5 Å². The molecule has 1 aromatic heterocycles. The van der Waals surface area contributed by atoms with Gasteiger partial charge in [0.05, 0.1) is 29.0 Å². The van der Waals surface area contributed by atoms with Crippen LogP contribution < -0.4 is 19.6 Å². The van der Waals surface area contributed by atoms with Gasteiger partial charge in [-0.2, -0.15) is 0 Å². The second kappa shape index (κ2) is 10.6. The molecule has 0 saturated heterocycles. The lowest BCUT2D eigenvalue weighted by atomic mass is 9.93. The fourth-order valence-corrected chi connectivity index (χ4v) is 5.56. The van der Waals surface area contributed by atoms with Gasteiger partial charge in [-0.15, -0.1) is 0 Å². The lowest BCUT2D eigenvalue weighted by Crippen LogP contribution is -2.39. The number of allylic oxidation sites excluding steroid dienone is 1. The van der Waals surface area contributed by atoms with Crippen molar-refractivity contribution in [2.45, 2.75) is 32.7 Å². The predicted octanol–water partition coefficient (Wildman–Crippen LogP) is 5.32. The van der Waals surface area contributed by atoms with E-state index in [-0.39, 0.29) is 5.56 Å². The highest BCUT2D eigenvalue weighted by molar-refractivity contribution is 7.07. The van der Waals surface area contributed by atoms with Gasteiger partial charge in [-0.25, -0.2) is 9.79 Å². The van der Waals surface area contributed by atoms with Crippen LogP contribution in [-0.4, -0.2) is 17.6 Å². The van der Waals surface area contributed by atoms with Gasteiger partial charge in [0, 0.05) is 0 Å². The highest BCUT2D eigenvalue weighted by atomic mass is 32.1. The lowest BCUT2D eigenvalue weighted by molar-refractivity contribution is -0.136. The van der Waals surface area contributed by atoms with Gasteiger partial charge in [-0.3, -0.25) is 9.36 Å². The molecule has 7 heteroatoms. The van der Waals surface area contributed by atoms with Crippen molar-refractivity contribution in [1.82, 2.24) is 4.57 Å². The van der Waals surface area contributed by atoms with Gasteiger partial charge in [0.1, 0.15) is 11.5 Å². The van der Waals surface area contributed by atoms with Crippen LogP contribution in [-0.2, 0) is 9.53 Å². The van der Waals surface area contributed by atoms with Crippen LogP contribution in [0.25, 0.3) is 6.08 Å². The number of esters is 1. The summed E-state index contributed by atoms with van der Waals surface area (Å²) in [4.78, 5) is 31.8. The van der Waals surface area contributed by atoms with E-state index in [9.17, 15) is 9.59 Å². The second-order valence-corrected chi connectivity index (χ2v) is 10.4. The number of carbonyl (C=O) groups is 1. The van der Waals surface area contributed by atoms with E-state index in [1.165, 1.54) is 24.0 Å². The van der Waals surface area contributed by atoms with E-state index in [0.29, 0.717) is 32.3 Å². The predicted molar refractivity (Wildman–Crippen MR) is 149 cm³/mol. The van der Waals surface area contributed by atoms with Gasteiger partial charge in [0.2, 0.25) is 0 Å². The van der Waals surface area contributed by atoms with Crippen molar-refractivity contribution in [3.63, 3.8) is 0 Å². The molecular weight excluding hydrogens is 496 g/mol. The van der Waals surface area contributed by atoms with Crippen molar-refractivity contribution in [3.8, 4) is 11.5 Å². The molecule has 1 aliphatic heterocycles. The number of nitrogens with zero attached hydrogens (tertiary/aromatic N) is 2. The Morgan fingerprint density at radius 2 is 1.71 bits per heavy atom. The zero-order chi connectivity index (χ0) is 26.8. The van der Waals surface area contributed by atoms with Gasteiger partial charge in [0.25, 0.3) is 5.56 Å². The maximum absolute atomic E-state index is 13.8. The summed E-state index contributed by atoms with van der Waals surface area (Å²) in [7, 11) is 1.34. The summed E-state index contributed by atoms with van der Waals surface area (Å²) in [6, 6.07) is 24.5. The first-order valence-corrected chi connectivity index (χ1v) is 13.2. The molecule has 38 heavy (non-hydrogen) atoms. The largest absolute Gasteiger partial charge is 0.466 e. The molecule has 1 aliphatic rings. The van der Waals surface area contributed by atoms with Gasteiger partial charge in [0.15, 0.2) is 4.80 Å². The Bertz CT molecular complexity index is 1700. The first-order valence-electron chi connectivity index (χ1n) is 12.4. The monoisotopic (exact) mass is 524 g/mol. The van der Waals surface area contributed by atoms with Crippen molar-refractivity contribution in [1.29, 1.82) is 0 Å². The third-order valence-corrected chi connectivity index (χ3v) is 7.46. The summed E-state index contributed by atoms with van der Waals surface area (Å²) < 4.78 is 13.2. The molecular formula is C31H28N2O4S. The van der Waals surface area contributed by atoms with Gasteiger partial charge in [-0.05, 0) is 59.9 Å². The van der Waals surface area contributed by atoms with Crippen LogP contribution in [0.2, 0.25) is 0 Å². The Balaban J connectivity index is 1.61. The number of carbonyl (C=O) groups excluding carboxylic acids is 1. The fraction of sp³-hybridized carbons (Fsp3) is 0.194. The zero-order valence-electron chi connectivity index (χ0n) is 21.7. The minimum absolute atomic E-state index is 0.213. The van der Waals surface area contributed by atoms with E-state index >= 15 is 0 Å². The summed E-state index contributed by atoms with van der Waals surface area (Å²) in [6.07, 6.45) is 1.83. The summed E-state index contributed by atoms with van der Waals surface area (Å²) in [5.74, 6) is 1.28. The molecule has 2 heterocycles. The van der Waals surface area contributed by atoms with Crippen molar-refractivity contribution in [3.05, 3.63) is 127 Å². The Hall–Kier alpha value is -4.23. The van der Waals surface area contributed by atoms with Crippen LogP contribution in [0.4, 0.5) is 0 Å². The minimum atomic E-state index is -0.630. The van der Waals surface area contributed by atoms with Crippen LogP contribution in [0, 0.1) is 0 Å². The average molecular weight is 525 g/mol. The van der Waals surface area contributed by atoms with Crippen molar-refractivity contribution < 1.29 is 14.3 Å². The zero-order valence-corrected chi connectivity index (χ0v) is 22.5. The van der Waals surface area contributed by atoms with E-state index < -0.39 is 12.0 Å². The first kappa shape index (κ1) is 25.4. The van der Waals surface area contributed by atoms with Crippen LogP contribution in [0.3, 0.4) is 0 Å². The molecule has 0 fully saturated rings. The van der Waals surface area contributed by atoms with E-state index in [1.807, 2.05) is 84.9 Å². The number of para-hydroxylation sites is 1. The highest BCUT2D eigenvalue weighted by Crippen LogP contribution is 2.31. The molecule has 192 valence electrons. The summed E-state index contributed by atoms with van der Waals surface area (Å²) in [6.45, 7) is 6.03. The molecule has 0 radical (unpaired) electrons.